The first kappa shape index (κ1) is 20.7. The van der Waals surface area contributed by atoms with Crippen molar-refractivity contribution >= 4 is 40.1 Å². The fourth-order valence-corrected chi connectivity index (χ4v) is 3.62. The van der Waals surface area contributed by atoms with E-state index in [1.807, 2.05) is 24.4 Å². The van der Waals surface area contributed by atoms with Crippen LogP contribution in [0.5, 0.6) is 5.75 Å². The number of aromatic nitrogens is 1. The number of para-hydroxylation sites is 1. The average molecular weight is 433 g/mol. The Morgan fingerprint density at radius 1 is 0.935 bits per heavy atom. The standard InChI is InChI=1S/C25H21ClN2O3/c26-22-9-3-1-8-21(22)25(30)28-18-12-14-19(15-13-18)31-24(29)11-5-6-17-16-27-23-10-4-2-7-20(17)23/h1-4,7-10,12-16,27H,5-6,11H2,(H,28,30). The van der Waals surface area contributed by atoms with E-state index < -0.39 is 0 Å². The summed E-state index contributed by atoms with van der Waals surface area (Å²) in [6.07, 6.45) is 3.81. The molecule has 0 saturated carbocycles. The monoisotopic (exact) mass is 432 g/mol. The van der Waals surface area contributed by atoms with E-state index >= 15 is 0 Å². The predicted molar refractivity (Wildman–Crippen MR) is 123 cm³/mol. The summed E-state index contributed by atoms with van der Waals surface area (Å²) in [5, 5.41) is 4.35. The van der Waals surface area contributed by atoms with E-state index in [1.54, 1.807) is 48.5 Å². The Hall–Kier alpha value is -3.57. The van der Waals surface area contributed by atoms with E-state index in [-0.39, 0.29) is 11.9 Å². The lowest BCUT2D eigenvalue weighted by Crippen LogP contribution is -2.12. The number of rotatable bonds is 7. The lowest BCUT2D eigenvalue weighted by molar-refractivity contribution is -0.134. The zero-order chi connectivity index (χ0) is 21.6. The number of H-pyrrole nitrogens is 1. The van der Waals surface area contributed by atoms with Gasteiger partial charge in [0.1, 0.15) is 5.75 Å². The van der Waals surface area contributed by atoms with Gasteiger partial charge in [-0.2, -0.15) is 0 Å². The molecule has 0 radical (unpaired) electrons. The molecular weight excluding hydrogens is 412 g/mol. The summed E-state index contributed by atoms with van der Waals surface area (Å²) >= 11 is 6.05. The van der Waals surface area contributed by atoms with Crippen LogP contribution >= 0.6 is 11.6 Å². The highest BCUT2D eigenvalue weighted by molar-refractivity contribution is 6.34. The number of anilines is 1. The summed E-state index contributed by atoms with van der Waals surface area (Å²) < 4.78 is 5.40. The van der Waals surface area contributed by atoms with Gasteiger partial charge >= 0.3 is 5.97 Å². The van der Waals surface area contributed by atoms with Crippen molar-refractivity contribution in [1.29, 1.82) is 0 Å². The molecule has 6 heteroatoms. The average Bonchev–Trinajstić information content (AvgIpc) is 3.18. The first-order valence-electron chi connectivity index (χ1n) is 10.0. The van der Waals surface area contributed by atoms with Crippen LogP contribution in [0.2, 0.25) is 5.02 Å². The Morgan fingerprint density at radius 3 is 2.48 bits per heavy atom. The van der Waals surface area contributed by atoms with Gasteiger partial charge in [0.05, 0.1) is 10.6 Å². The summed E-state index contributed by atoms with van der Waals surface area (Å²) in [4.78, 5) is 27.7. The van der Waals surface area contributed by atoms with Gasteiger partial charge in [0.2, 0.25) is 0 Å². The maximum absolute atomic E-state index is 12.3. The van der Waals surface area contributed by atoms with E-state index in [2.05, 4.69) is 16.4 Å². The Labute approximate surface area is 185 Å². The first-order chi connectivity index (χ1) is 15.1. The fraction of sp³-hybridized carbons (Fsp3) is 0.120. The Kier molecular flexibility index (Phi) is 6.34. The molecule has 1 amide bonds. The van der Waals surface area contributed by atoms with Gasteiger partial charge in [0, 0.05) is 29.2 Å². The van der Waals surface area contributed by atoms with Gasteiger partial charge in [-0.05, 0) is 60.9 Å². The second kappa shape index (κ2) is 9.49. The van der Waals surface area contributed by atoms with E-state index in [1.165, 1.54) is 10.9 Å². The Bertz CT molecular complexity index is 1210. The number of hydrogen-bond donors (Lipinski definition) is 2. The van der Waals surface area contributed by atoms with E-state index in [4.69, 9.17) is 16.3 Å². The number of amides is 1. The van der Waals surface area contributed by atoms with Crippen molar-refractivity contribution in [2.75, 3.05) is 5.32 Å². The normalized spacial score (nSPS) is 10.7. The molecule has 31 heavy (non-hydrogen) atoms. The molecule has 0 aliphatic heterocycles. The van der Waals surface area contributed by atoms with Gasteiger partial charge in [-0.25, -0.2) is 0 Å². The van der Waals surface area contributed by atoms with Crippen LogP contribution in [0.15, 0.2) is 79.0 Å². The van der Waals surface area contributed by atoms with Crippen molar-refractivity contribution in [2.24, 2.45) is 0 Å². The molecule has 1 aromatic heterocycles. The number of aryl methyl sites for hydroxylation is 1. The van der Waals surface area contributed by atoms with E-state index in [0.29, 0.717) is 34.9 Å². The molecule has 0 aliphatic carbocycles. The third-order valence-electron chi connectivity index (χ3n) is 4.96. The van der Waals surface area contributed by atoms with Crippen LogP contribution in [0.3, 0.4) is 0 Å². The van der Waals surface area contributed by atoms with Gasteiger partial charge in [-0.15, -0.1) is 0 Å². The third-order valence-corrected chi connectivity index (χ3v) is 5.29. The van der Waals surface area contributed by atoms with Gasteiger partial charge in [-0.3, -0.25) is 9.59 Å². The van der Waals surface area contributed by atoms with Crippen LogP contribution < -0.4 is 10.1 Å². The topological polar surface area (TPSA) is 71.2 Å². The molecule has 0 fully saturated rings. The van der Waals surface area contributed by atoms with Crippen molar-refractivity contribution in [3.63, 3.8) is 0 Å². The predicted octanol–water partition coefficient (Wildman–Crippen LogP) is 6.00. The zero-order valence-corrected chi connectivity index (χ0v) is 17.5. The molecule has 2 N–H and O–H groups in total. The lowest BCUT2D eigenvalue weighted by atomic mass is 10.1. The number of hydrogen-bond acceptors (Lipinski definition) is 3. The molecule has 4 rings (SSSR count). The molecule has 156 valence electrons. The smallest absolute Gasteiger partial charge is 0.311 e. The highest BCUT2D eigenvalue weighted by Gasteiger charge is 2.11. The minimum absolute atomic E-state index is 0.285. The maximum Gasteiger partial charge on any atom is 0.311 e. The second-order valence-corrected chi connectivity index (χ2v) is 7.55. The molecule has 0 bridgehead atoms. The third kappa shape index (κ3) is 5.13. The van der Waals surface area contributed by atoms with Crippen LogP contribution in [0.1, 0.15) is 28.8 Å². The lowest BCUT2D eigenvalue weighted by Gasteiger charge is -2.08. The number of fused-ring (bicyclic) bond motifs is 1. The van der Waals surface area contributed by atoms with Crippen LogP contribution in [0.4, 0.5) is 5.69 Å². The summed E-state index contributed by atoms with van der Waals surface area (Å²) in [7, 11) is 0. The molecule has 0 aliphatic rings. The minimum Gasteiger partial charge on any atom is -0.427 e. The summed E-state index contributed by atoms with van der Waals surface area (Å²) in [6, 6.07) is 21.6. The van der Waals surface area contributed by atoms with Crippen LogP contribution in [-0.4, -0.2) is 16.9 Å². The van der Waals surface area contributed by atoms with E-state index in [9.17, 15) is 9.59 Å². The molecular formula is C25H21ClN2O3. The molecule has 4 aromatic rings. The Morgan fingerprint density at radius 2 is 1.68 bits per heavy atom. The second-order valence-electron chi connectivity index (χ2n) is 7.15. The number of halogens is 1. The minimum atomic E-state index is -0.298. The van der Waals surface area contributed by atoms with E-state index in [0.717, 1.165) is 11.9 Å². The highest BCUT2D eigenvalue weighted by Crippen LogP contribution is 2.21. The number of benzene rings is 3. The van der Waals surface area contributed by atoms with Crippen LogP contribution in [0, 0.1) is 0 Å². The van der Waals surface area contributed by atoms with Crippen molar-refractivity contribution in [3.05, 3.63) is 95.1 Å². The fourth-order valence-electron chi connectivity index (χ4n) is 3.39. The van der Waals surface area contributed by atoms with Crippen LogP contribution in [0.25, 0.3) is 10.9 Å². The van der Waals surface area contributed by atoms with Gasteiger partial charge in [0.25, 0.3) is 5.91 Å². The summed E-state index contributed by atoms with van der Waals surface area (Å²) in [6.45, 7) is 0. The number of nitrogens with one attached hydrogen (secondary N) is 2. The quantitative estimate of drug-likeness (QED) is 0.278. The van der Waals surface area contributed by atoms with Gasteiger partial charge in [-0.1, -0.05) is 41.9 Å². The SMILES string of the molecule is O=C(CCCc1c[nH]c2ccccc12)Oc1ccc(NC(=O)c2ccccc2Cl)cc1. The van der Waals surface area contributed by atoms with Gasteiger partial charge < -0.3 is 15.0 Å². The number of esters is 1. The van der Waals surface area contributed by atoms with Crippen LogP contribution in [-0.2, 0) is 11.2 Å². The molecule has 3 aromatic carbocycles. The number of aromatic amines is 1. The van der Waals surface area contributed by atoms with Crippen molar-refractivity contribution in [3.8, 4) is 5.75 Å². The zero-order valence-electron chi connectivity index (χ0n) is 16.7. The molecule has 0 saturated heterocycles. The van der Waals surface area contributed by atoms with Crippen molar-refractivity contribution in [1.82, 2.24) is 4.98 Å². The molecule has 5 nitrogen and oxygen atoms in total. The maximum atomic E-state index is 12.3. The molecule has 0 spiro atoms. The highest BCUT2D eigenvalue weighted by atomic mass is 35.5. The number of carbonyl (C=O) groups excluding carboxylic acids is 2. The largest absolute Gasteiger partial charge is 0.427 e. The Balaban J connectivity index is 1.27. The summed E-state index contributed by atoms with van der Waals surface area (Å²) in [5.74, 6) is -0.145. The molecule has 1 heterocycles. The molecule has 0 unspecified atom stereocenters. The van der Waals surface area contributed by atoms with Crippen molar-refractivity contribution in [2.45, 2.75) is 19.3 Å². The van der Waals surface area contributed by atoms with Gasteiger partial charge in [0.15, 0.2) is 0 Å². The van der Waals surface area contributed by atoms with Crippen molar-refractivity contribution < 1.29 is 14.3 Å². The number of carbonyl (C=O) groups is 2. The first-order valence-corrected chi connectivity index (χ1v) is 10.4. The number of ether oxygens (including phenoxy) is 1. The molecule has 0 atom stereocenters. The summed E-state index contributed by atoms with van der Waals surface area (Å²) in [5.41, 5.74) is 3.28.